The zero-order valence-electron chi connectivity index (χ0n) is 9.86. The van der Waals surface area contributed by atoms with E-state index >= 15 is 0 Å². The number of rotatable bonds is 3. The first-order chi connectivity index (χ1) is 8.53. The number of nitrogens with two attached hydrogens (primary N) is 1. The number of nitrogens with one attached hydrogen (secondary N) is 2. The van der Waals surface area contributed by atoms with Crippen molar-refractivity contribution in [2.24, 2.45) is 5.73 Å². The molecule has 5 nitrogen and oxygen atoms in total. The minimum Gasteiger partial charge on any atom is -0.391 e. The van der Waals surface area contributed by atoms with Gasteiger partial charge in [-0.1, -0.05) is 25.1 Å². The predicted octanol–water partition coefficient (Wildman–Crippen LogP) is 0.704. The van der Waals surface area contributed by atoms with Gasteiger partial charge in [0.05, 0.1) is 10.5 Å². The van der Waals surface area contributed by atoms with Crippen LogP contribution in [0.4, 0.5) is 0 Å². The lowest BCUT2D eigenvalue weighted by atomic mass is 9.97. The molecule has 1 aliphatic rings. The molecule has 0 aromatic carbocycles. The molecule has 1 aromatic heterocycles. The zero-order valence-corrected chi connectivity index (χ0v) is 10.7. The van der Waals surface area contributed by atoms with E-state index in [1.165, 1.54) is 12.3 Å². The van der Waals surface area contributed by atoms with Gasteiger partial charge in [0.2, 0.25) is 5.56 Å². The Bertz CT molecular complexity index is 532. The van der Waals surface area contributed by atoms with Crippen LogP contribution in [0.1, 0.15) is 36.0 Å². The minimum absolute atomic E-state index is 0.307. The van der Waals surface area contributed by atoms with Crippen LogP contribution in [0, 0.1) is 0 Å². The predicted molar refractivity (Wildman–Crippen MR) is 72.5 cm³/mol. The lowest BCUT2D eigenvalue weighted by Gasteiger charge is -2.29. The molecular weight excluding hydrogens is 250 g/mol. The van der Waals surface area contributed by atoms with E-state index in [-0.39, 0.29) is 11.5 Å². The van der Waals surface area contributed by atoms with Crippen molar-refractivity contribution in [3.8, 4) is 0 Å². The highest BCUT2D eigenvalue weighted by Crippen LogP contribution is 2.30. The maximum atomic E-state index is 12.1. The highest BCUT2D eigenvalue weighted by molar-refractivity contribution is 7.80. The molecule has 0 radical (unpaired) electrons. The van der Waals surface area contributed by atoms with Crippen LogP contribution in [0.15, 0.2) is 23.1 Å². The van der Waals surface area contributed by atoms with Crippen molar-refractivity contribution in [3.05, 3.63) is 34.2 Å². The van der Waals surface area contributed by atoms with Crippen LogP contribution in [0.5, 0.6) is 0 Å². The Kier molecular flexibility index (Phi) is 3.47. The number of hydrogen-bond acceptors (Lipinski definition) is 3. The number of amides is 1. The molecule has 0 unspecified atom stereocenters. The molecule has 18 heavy (non-hydrogen) atoms. The highest BCUT2D eigenvalue weighted by atomic mass is 32.1. The lowest BCUT2D eigenvalue weighted by Crippen LogP contribution is -2.54. The van der Waals surface area contributed by atoms with E-state index in [1.54, 1.807) is 6.07 Å². The highest BCUT2D eigenvalue weighted by Gasteiger charge is 2.38. The summed E-state index contributed by atoms with van der Waals surface area (Å²) in [5.41, 5.74) is 5.16. The topological polar surface area (TPSA) is 88.0 Å². The quantitative estimate of drug-likeness (QED) is 0.702. The first-order valence-electron chi connectivity index (χ1n) is 5.85. The van der Waals surface area contributed by atoms with Crippen LogP contribution in [0.2, 0.25) is 0 Å². The Labute approximate surface area is 110 Å². The van der Waals surface area contributed by atoms with E-state index in [0.29, 0.717) is 10.6 Å². The normalized spacial score (nSPS) is 17.3. The summed E-state index contributed by atoms with van der Waals surface area (Å²) in [7, 11) is 0. The Morgan fingerprint density at radius 3 is 2.67 bits per heavy atom. The van der Waals surface area contributed by atoms with E-state index in [1.807, 2.05) is 0 Å². The van der Waals surface area contributed by atoms with Gasteiger partial charge in [-0.2, -0.15) is 0 Å². The summed E-state index contributed by atoms with van der Waals surface area (Å²) in [5.74, 6) is -0.309. The third-order valence-electron chi connectivity index (χ3n) is 3.32. The Morgan fingerprint density at radius 2 is 2.11 bits per heavy atom. The van der Waals surface area contributed by atoms with E-state index in [2.05, 4.69) is 10.3 Å². The fourth-order valence-electron chi connectivity index (χ4n) is 2.29. The number of aromatic amines is 1. The smallest absolute Gasteiger partial charge is 0.252 e. The second-order valence-corrected chi connectivity index (χ2v) is 4.99. The number of pyridine rings is 1. The molecule has 0 spiro atoms. The third-order valence-corrected chi connectivity index (χ3v) is 3.71. The van der Waals surface area contributed by atoms with Crippen LogP contribution >= 0.6 is 12.2 Å². The number of hydrogen-bond donors (Lipinski definition) is 3. The molecule has 1 fully saturated rings. The van der Waals surface area contributed by atoms with Gasteiger partial charge in [0.25, 0.3) is 5.91 Å². The molecule has 1 saturated carbocycles. The molecule has 0 saturated heterocycles. The van der Waals surface area contributed by atoms with Crippen molar-refractivity contribution in [3.63, 3.8) is 0 Å². The molecule has 1 aromatic rings. The van der Waals surface area contributed by atoms with Crippen molar-refractivity contribution < 1.29 is 4.79 Å². The van der Waals surface area contributed by atoms with Crippen molar-refractivity contribution in [2.45, 2.75) is 31.2 Å². The van der Waals surface area contributed by atoms with Crippen LogP contribution < -0.4 is 16.6 Å². The van der Waals surface area contributed by atoms with Crippen LogP contribution in [-0.2, 0) is 0 Å². The number of carbonyl (C=O) groups is 1. The van der Waals surface area contributed by atoms with Gasteiger partial charge in [-0.25, -0.2) is 0 Å². The van der Waals surface area contributed by atoms with Gasteiger partial charge in [-0.05, 0) is 18.9 Å². The molecule has 0 aliphatic heterocycles. The Hall–Kier alpha value is -1.69. The lowest BCUT2D eigenvalue weighted by molar-refractivity contribution is 0.0924. The first kappa shape index (κ1) is 12.8. The maximum Gasteiger partial charge on any atom is 0.252 e. The Balaban J connectivity index is 2.20. The fourth-order valence-corrected chi connectivity index (χ4v) is 2.54. The number of aromatic nitrogens is 1. The van der Waals surface area contributed by atoms with Crippen molar-refractivity contribution >= 4 is 23.1 Å². The van der Waals surface area contributed by atoms with Gasteiger partial charge >= 0.3 is 0 Å². The summed E-state index contributed by atoms with van der Waals surface area (Å²) in [6.07, 6.45) is 4.95. The van der Waals surface area contributed by atoms with Gasteiger partial charge < -0.3 is 16.0 Å². The number of H-pyrrole nitrogens is 1. The van der Waals surface area contributed by atoms with E-state index in [4.69, 9.17) is 18.0 Å². The summed E-state index contributed by atoms with van der Waals surface area (Å²) in [6, 6.07) is 2.82. The average molecular weight is 265 g/mol. The molecule has 1 aliphatic carbocycles. The number of carbonyl (C=O) groups excluding carboxylic acids is 1. The van der Waals surface area contributed by atoms with Gasteiger partial charge in [0.1, 0.15) is 0 Å². The molecule has 2 rings (SSSR count). The second-order valence-electron chi connectivity index (χ2n) is 4.55. The van der Waals surface area contributed by atoms with Crippen molar-refractivity contribution in [1.29, 1.82) is 0 Å². The van der Waals surface area contributed by atoms with Crippen LogP contribution in [-0.4, -0.2) is 21.4 Å². The standard InChI is InChI=1S/C12H15N3O2S/c13-11(18)12(4-1-2-5-12)15-10(17)8-3-6-14-9(16)7-8/h3,6-7H,1-2,4-5H2,(H2,13,18)(H,14,16)(H,15,17). The fraction of sp³-hybridized carbons (Fsp3) is 0.417. The van der Waals surface area contributed by atoms with Crippen LogP contribution in [0.25, 0.3) is 0 Å². The zero-order chi connectivity index (χ0) is 13.2. The van der Waals surface area contributed by atoms with Gasteiger partial charge in [-0.15, -0.1) is 0 Å². The average Bonchev–Trinajstić information content (AvgIpc) is 2.79. The largest absolute Gasteiger partial charge is 0.391 e. The SMILES string of the molecule is NC(=S)C1(NC(=O)c2cc[nH]c(=O)c2)CCCC1. The maximum absolute atomic E-state index is 12.1. The molecule has 96 valence electrons. The van der Waals surface area contributed by atoms with E-state index < -0.39 is 5.54 Å². The summed E-state index contributed by atoms with van der Waals surface area (Å²) < 4.78 is 0. The Morgan fingerprint density at radius 1 is 1.44 bits per heavy atom. The second kappa shape index (κ2) is 4.89. The van der Waals surface area contributed by atoms with E-state index in [0.717, 1.165) is 25.7 Å². The van der Waals surface area contributed by atoms with Gasteiger partial charge in [-0.3, -0.25) is 9.59 Å². The first-order valence-corrected chi connectivity index (χ1v) is 6.25. The molecular formula is C12H15N3O2S. The summed E-state index contributed by atoms with van der Waals surface area (Å²) >= 11 is 5.06. The van der Waals surface area contributed by atoms with Crippen LogP contribution in [0.3, 0.4) is 0 Å². The molecule has 0 bridgehead atoms. The minimum atomic E-state index is -0.588. The van der Waals surface area contributed by atoms with Gasteiger partial charge in [0, 0.05) is 17.8 Å². The third kappa shape index (κ3) is 2.43. The van der Waals surface area contributed by atoms with E-state index in [9.17, 15) is 9.59 Å². The summed E-state index contributed by atoms with van der Waals surface area (Å²) in [4.78, 5) is 26.0. The monoisotopic (exact) mass is 265 g/mol. The summed E-state index contributed by atoms with van der Waals surface area (Å²) in [6.45, 7) is 0. The van der Waals surface area contributed by atoms with Crippen molar-refractivity contribution in [1.82, 2.24) is 10.3 Å². The van der Waals surface area contributed by atoms with Crippen molar-refractivity contribution in [2.75, 3.05) is 0 Å². The molecule has 6 heteroatoms. The molecule has 0 atom stereocenters. The number of thiocarbonyl (C=S) groups is 1. The summed E-state index contributed by atoms with van der Waals surface area (Å²) in [5, 5.41) is 2.88. The molecule has 1 amide bonds. The van der Waals surface area contributed by atoms with Gasteiger partial charge in [0.15, 0.2) is 0 Å². The molecule has 4 N–H and O–H groups in total. The molecule has 1 heterocycles.